The van der Waals surface area contributed by atoms with Gasteiger partial charge in [-0.1, -0.05) is 84.4 Å². The molecule has 10 heteroatoms. The molecule has 0 saturated heterocycles. The number of amides is 2. The number of carbonyl (C=O) groups excluding carboxylic acids is 2. The lowest BCUT2D eigenvalue weighted by Gasteiger charge is -2.33. The van der Waals surface area contributed by atoms with Crippen LogP contribution in [0.5, 0.6) is 5.75 Å². The quantitative estimate of drug-likeness (QED) is 0.225. The maximum atomic E-state index is 14.0. The van der Waals surface area contributed by atoms with Crippen LogP contribution in [0.1, 0.15) is 16.7 Å². The van der Waals surface area contributed by atoms with Gasteiger partial charge >= 0.3 is 0 Å². The number of nitrogens with zero attached hydrogens (tertiary/aromatic N) is 2. The largest absolute Gasteiger partial charge is 0.489 e. The van der Waals surface area contributed by atoms with Crippen LogP contribution in [0.25, 0.3) is 0 Å². The third kappa shape index (κ3) is 9.07. The molecule has 2 amide bonds. The van der Waals surface area contributed by atoms with Crippen LogP contribution < -0.4 is 14.4 Å². The third-order valence-corrected chi connectivity index (χ3v) is 8.19. The van der Waals surface area contributed by atoms with Crippen molar-refractivity contribution in [3.05, 3.63) is 131 Å². The Bertz CT molecular complexity index is 1620. The zero-order valence-corrected chi connectivity index (χ0v) is 25.6. The predicted octanol–water partition coefficient (Wildman–Crippen LogP) is 5.07. The second-order valence-corrected chi connectivity index (χ2v) is 12.4. The van der Waals surface area contributed by atoms with Gasteiger partial charge in [0.05, 0.1) is 11.9 Å². The van der Waals surface area contributed by atoms with E-state index in [2.05, 4.69) is 5.32 Å². The molecule has 4 rings (SSSR count). The van der Waals surface area contributed by atoms with E-state index >= 15 is 0 Å². The Morgan fingerprint density at radius 2 is 1.44 bits per heavy atom. The van der Waals surface area contributed by atoms with Crippen molar-refractivity contribution in [2.45, 2.75) is 25.6 Å². The summed E-state index contributed by atoms with van der Waals surface area (Å²) in [5.74, 6) is -0.359. The number of hydrogen-bond acceptors (Lipinski definition) is 5. The standard InChI is InChI=1S/C33H34ClN3O5S/c1-35-33(39)31(21-25-10-5-3-6-11-25)36(22-27-14-9-15-28(34)20-27)32(38)23-37(43(2,40)41)29-16-18-30(19-17-29)42-24-26-12-7-4-8-13-26/h3-20,31H,21-24H2,1-2H3,(H,35,39)/t31-/m1/s1. The lowest BCUT2D eigenvalue weighted by molar-refractivity contribution is -0.139. The Labute approximate surface area is 257 Å². The van der Waals surface area contributed by atoms with Crippen LogP contribution >= 0.6 is 11.6 Å². The summed E-state index contributed by atoms with van der Waals surface area (Å²) in [6.07, 6.45) is 1.28. The molecule has 0 aliphatic rings. The minimum Gasteiger partial charge on any atom is -0.489 e. The Morgan fingerprint density at radius 3 is 2.02 bits per heavy atom. The fourth-order valence-electron chi connectivity index (χ4n) is 4.62. The molecule has 0 aliphatic heterocycles. The summed E-state index contributed by atoms with van der Waals surface area (Å²) in [7, 11) is -2.37. The molecule has 0 aromatic heterocycles. The van der Waals surface area contributed by atoms with E-state index < -0.39 is 28.5 Å². The SMILES string of the molecule is CNC(=O)[C@@H](Cc1ccccc1)N(Cc1cccc(Cl)c1)C(=O)CN(c1ccc(OCc2ccccc2)cc1)S(C)(=O)=O. The van der Waals surface area contributed by atoms with Crippen molar-refractivity contribution < 1.29 is 22.7 Å². The second kappa shape index (κ2) is 14.7. The lowest BCUT2D eigenvalue weighted by atomic mass is 10.0. The van der Waals surface area contributed by atoms with Gasteiger partial charge in [-0.05, 0) is 53.1 Å². The maximum absolute atomic E-state index is 14.0. The van der Waals surface area contributed by atoms with Gasteiger partial charge in [0.1, 0.15) is 24.9 Å². The van der Waals surface area contributed by atoms with Crippen molar-refractivity contribution in [1.29, 1.82) is 0 Å². The molecular formula is C33H34ClN3O5S. The van der Waals surface area contributed by atoms with Crippen LogP contribution in [0.15, 0.2) is 109 Å². The normalized spacial score (nSPS) is 11.8. The number of hydrogen-bond donors (Lipinski definition) is 1. The Kier molecular flexibility index (Phi) is 10.8. The molecule has 224 valence electrons. The zero-order valence-electron chi connectivity index (χ0n) is 24.0. The zero-order chi connectivity index (χ0) is 30.8. The highest BCUT2D eigenvalue weighted by Gasteiger charge is 2.32. The van der Waals surface area contributed by atoms with Crippen molar-refractivity contribution in [2.75, 3.05) is 24.2 Å². The molecule has 8 nitrogen and oxygen atoms in total. The first kappa shape index (κ1) is 31.6. The molecule has 0 fully saturated rings. The van der Waals surface area contributed by atoms with E-state index in [-0.39, 0.29) is 18.9 Å². The van der Waals surface area contributed by atoms with Crippen LogP contribution in [0.4, 0.5) is 5.69 Å². The fraction of sp³-hybridized carbons (Fsp3) is 0.212. The molecule has 0 unspecified atom stereocenters. The summed E-state index contributed by atoms with van der Waals surface area (Å²) in [6.45, 7) is -0.102. The number of likely N-dealkylation sites (N-methyl/N-ethyl adjacent to an activating group) is 1. The highest BCUT2D eigenvalue weighted by atomic mass is 35.5. The number of ether oxygens (including phenoxy) is 1. The highest BCUT2D eigenvalue weighted by molar-refractivity contribution is 7.92. The van der Waals surface area contributed by atoms with Crippen molar-refractivity contribution in [3.8, 4) is 5.75 Å². The van der Waals surface area contributed by atoms with Crippen molar-refractivity contribution in [3.63, 3.8) is 0 Å². The number of sulfonamides is 1. The van der Waals surface area contributed by atoms with Gasteiger partial charge in [-0.3, -0.25) is 13.9 Å². The molecule has 0 aliphatic carbocycles. The van der Waals surface area contributed by atoms with E-state index in [4.69, 9.17) is 16.3 Å². The number of anilines is 1. The van der Waals surface area contributed by atoms with E-state index in [1.165, 1.54) is 11.9 Å². The van der Waals surface area contributed by atoms with Gasteiger partial charge in [-0.25, -0.2) is 8.42 Å². The molecule has 0 bridgehead atoms. The summed E-state index contributed by atoms with van der Waals surface area (Å²) in [4.78, 5) is 28.6. The fourth-order valence-corrected chi connectivity index (χ4v) is 5.68. The average Bonchev–Trinajstić information content (AvgIpc) is 3.01. The molecule has 0 heterocycles. The van der Waals surface area contributed by atoms with Gasteiger partial charge in [0, 0.05) is 25.0 Å². The minimum absolute atomic E-state index is 0.0498. The van der Waals surface area contributed by atoms with Crippen LogP contribution in [0.2, 0.25) is 5.02 Å². The topological polar surface area (TPSA) is 96.0 Å². The summed E-state index contributed by atoms with van der Waals surface area (Å²) < 4.78 is 32.8. The average molecular weight is 620 g/mol. The van der Waals surface area contributed by atoms with E-state index in [9.17, 15) is 18.0 Å². The Balaban J connectivity index is 1.61. The molecule has 1 N–H and O–H groups in total. The second-order valence-electron chi connectivity index (χ2n) is 10.0. The van der Waals surface area contributed by atoms with Crippen LogP contribution in [0.3, 0.4) is 0 Å². The van der Waals surface area contributed by atoms with Crippen LogP contribution in [-0.4, -0.2) is 51.0 Å². The Morgan fingerprint density at radius 1 is 0.837 bits per heavy atom. The summed E-state index contributed by atoms with van der Waals surface area (Å²) >= 11 is 6.22. The van der Waals surface area contributed by atoms with Gasteiger partial charge in [0.25, 0.3) is 0 Å². The smallest absolute Gasteiger partial charge is 0.244 e. The van der Waals surface area contributed by atoms with Crippen molar-refractivity contribution in [1.82, 2.24) is 10.2 Å². The summed E-state index contributed by atoms with van der Waals surface area (Å²) in [5.41, 5.74) is 2.85. The predicted molar refractivity (Wildman–Crippen MR) is 169 cm³/mol. The van der Waals surface area contributed by atoms with Crippen molar-refractivity contribution in [2.24, 2.45) is 0 Å². The van der Waals surface area contributed by atoms with E-state index in [1.807, 2.05) is 60.7 Å². The van der Waals surface area contributed by atoms with E-state index in [0.29, 0.717) is 28.6 Å². The van der Waals surface area contributed by atoms with Crippen LogP contribution in [0, 0.1) is 0 Å². The van der Waals surface area contributed by atoms with E-state index in [0.717, 1.165) is 21.7 Å². The molecule has 4 aromatic rings. The third-order valence-electron chi connectivity index (χ3n) is 6.81. The highest BCUT2D eigenvalue weighted by Crippen LogP contribution is 2.24. The molecule has 0 saturated carbocycles. The first-order valence-electron chi connectivity index (χ1n) is 13.7. The number of halogens is 1. The molecule has 0 spiro atoms. The van der Waals surface area contributed by atoms with Gasteiger partial charge < -0.3 is 15.0 Å². The molecule has 0 radical (unpaired) electrons. The first-order valence-corrected chi connectivity index (χ1v) is 15.9. The molecule has 43 heavy (non-hydrogen) atoms. The van der Waals surface area contributed by atoms with E-state index in [1.54, 1.807) is 48.5 Å². The Hall–Kier alpha value is -4.34. The maximum Gasteiger partial charge on any atom is 0.244 e. The van der Waals surface area contributed by atoms with Gasteiger partial charge in [-0.2, -0.15) is 0 Å². The number of nitrogens with one attached hydrogen (secondary N) is 1. The van der Waals surface area contributed by atoms with Gasteiger partial charge in [-0.15, -0.1) is 0 Å². The van der Waals surface area contributed by atoms with Gasteiger partial charge in [0.2, 0.25) is 21.8 Å². The number of benzene rings is 4. The summed E-state index contributed by atoms with van der Waals surface area (Å²) in [6, 6.07) is 31.6. The monoisotopic (exact) mass is 619 g/mol. The first-order chi connectivity index (χ1) is 20.6. The number of rotatable bonds is 13. The van der Waals surface area contributed by atoms with Gasteiger partial charge in [0.15, 0.2) is 0 Å². The summed E-state index contributed by atoms with van der Waals surface area (Å²) in [5, 5.41) is 3.14. The lowest BCUT2D eigenvalue weighted by Crippen LogP contribution is -2.52. The van der Waals surface area contributed by atoms with Crippen LogP contribution in [-0.2, 0) is 39.2 Å². The molecular weight excluding hydrogens is 586 g/mol. The number of carbonyl (C=O) groups is 2. The minimum atomic E-state index is -3.88. The molecule has 4 aromatic carbocycles. The van der Waals surface area contributed by atoms with Crippen molar-refractivity contribution >= 4 is 39.1 Å². The molecule has 1 atom stereocenters.